The average Bonchev–Trinajstić information content (AvgIpc) is 2.03. The number of rotatable bonds is 8. The lowest BCUT2D eigenvalue weighted by Crippen LogP contribution is -2.43. The van der Waals surface area contributed by atoms with E-state index in [2.05, 4.69) is 4.90 Å². The molecule has 0 fully saturated rings. The van der Waals surface area contributed by atoms with Gasteiger partial charge in [-0.25, -0.2) is 0 Å². The largest absolute Gasteiger partial charge is 0.498 e. The molecule has 0 saturated carbocycles. The van der Waals surface area contributed by atoms with E-state index < -0.39 is 8.80 Å². The topological polar surface area (TPSA) is 41.9 Å². The van der Waals surface area contributed by atoms with Gasteiger partial charge in [0.15, 0.2) is 0 Å². The molecule has 0 radical (unpaired) electrons. The van der Waals surface area contributed by atoms with Crippen LogP contribution in [0.15, 0.2) is 0 Å². The van der Waals surface area contributed by atoms with Crippen LogP contribution in [0.2, 0.25) is 6.04 Å². The Morgan fingerprint density at radius 3 is 2.00 bits per heavy atom. The Labute approximate surface area is 88.2 Å². The van der Waals surface area contributed by atoms with E-state index in [0.29, 0.717) is 19.3 Å². The fraction of sp³-hybridized carbons (Fsp3) is 1.00. The molecule has 0 atom stereocenters. The Bertz CT molecular complexity index is 138. The summed E-state index contributed by atoms with van der Waals surface area (Å²) >= 11 is 0. The van der Waals surface area contributed by atoms with Gasteiger partial charge in [0.1, 0.15) is 0 Å². The molecule has 0 rings (SSSR count). The van der Waals surface area contributed by atoms with Gasteiger partial charge in [-0.3, -0.25) is 0 Å². The van der Waals surface area contributed by atoms with Crippen molar-refractivity contribution in [3.63, 3.8) is 0 Å². The van der Waals surface area contributed by atoms with Gasteiger partial charge in [0, 0.05) is 19.3 Å². The summed E-state index contributed by atoms with van der Waals surface area (Å²) in [5.74, 6) is 0. The molecule has 0 aliphatic carbocycles. The van der Waals surface area contributed by atoms with Crippen molar-refractivity contribution in [3.8, 4) is 0 Å². The van der Waals surface area contributed by atoms with Crippen molar-refractivity contribution in [2.75, 3.05) is 33.9 Å². The third-order valence-corrected chi connectivity index (χ3v) is 4.30. The van der Waals surface area contributed by atoms with Crippen molar-refractivity contribution in [2.24, 2.45) is 0 Å². The molecule has 0 saturated heterocycles. The lowest BCUT2D eigenvalue weighted by Gasteiger charge is -2.23. The van der Waals surface area contributed by atoms with Crippen LogP contribution in [0.25, 0.3) is 0 Å². The highest BCUT2D eigenvalue weighted by atomic mass is 28.4. The lowest BCUT2D eigenvalue weighted by molar-refractivity contribution is 0.107. The molecule has 0 aromatic heterocycles. The summed E-state index contributed by atoms with van der Waals surface area (Å²) in [6.07, 6.45) is 0.912. The SMILES string of the molecule is CCO[Si](O)(CCCN(C)C)OCC. The molecule has 0 aliphatic rings. The summed E-state index contributed by atoms with van der Waals surface area (Å²) in [7, 11) is 1.19. The normalized spacial score (nSPS) is 12.4. The Kier molecular flexibility index (Phi) is 7.39. The van der Waals surface area contributed by atoms with E-state index in [9.17, 15) is 4.80 Å². The van der Waals surface area contributed by atoms with Gasteiger partial charge in [-0.1, -0.05) is 0 Å². The van der Waals surface area contributed by atoms with Gasteiger partial charge in [0.05, 0.1) is 0 Å². The first-order valence-corrected chi connectivity index (χ1v) is 7.16. The number of nitrogens with zero attached hydrogens (tertiary/aromatic N) is 1. The molecule has 0 spiro atoms. The van der Waals surface area contributed by atoms with Crippen LogP contribution in [0.3, 0.4) is 0 Å². The van der Waals surface area contributed by atoms with Gasteiger partial charge in [-0.15, -0.1) is 0 Å². The van der Waals surface area contributed by atoms with E-state index in [-0.39, 0.29) is 0 Å². The first kappa shape index (κ1) is 14.1. The standard InChI is InChI=1S/C9H23NO3Si/c1-5-12-14(11,13-6-2)9-7-8-10(3)4/h11H,5-9H2,1-4H3. The molecule has 0 aliphatic heterocycles. The highest BCUT2D eigenvalue weighted by molar-refractivity contribution is 6.59. The van der Waals surface area contributed by atoms with Crippen molar-refractivity contribution in [1.29, 1.82) is 0 Å². The molecule has 5 heteroatoms. The van der Waals surface area contributed by atoms with Gasteiger partial charge in [-0.05, 0) is 40.9 Å². The van der Waals surface area contributed by atoms with Crippen molar-refractivity contribution in [3.05, 3.63) is 0 Å². The van der Waals surface area contributed by atoms with Crippen molar-refractivity contribution in [2.45, 2.75) is 26.3 Å². The summed E-state index contributed by atoms with van der Waals surface area (Å²) in [6.45, 7) is 5.75. The molecule has 4 nitrogen and oxygen atoms in total. The zero-order valence-electron chi connectivity index (χ0n) is 9.75. The Hall–Kier alpha value is 0.0569. The van der Waals surface area contributed by atoms with E-state index >= 15 is 0 Å². The molecular formula is C9H23NO3Si. The molecule has 0 aromatic rings. The maximum absolute atomic E-state index is 10.0. The van der Waals surface area contributed by atoms with Crippen LogP contribution in [0.5, 0.6) is 0 Å². The van der Waals surface area contributed by atoms with Gasteiger partial charge < -0.3 is 18.5 Å². The van der Waals surface area contributed by atoms with Crippen LogP contribution in [0.4, 0.5) is 0 Å². The Balaban J connectivity index is 3.83. The Morgan fingerprint density at radius 2 is 1.64 bits per heavy atom. The molecule has 0 amide bonds. The minimum Gasteiger partial charge on any atom is -0.390 e. The van der Waals surface area contributed by atoms with Crippen molar-refractivity contribution < 1.29 is 13.6 Å². The van der Waals surface area contributed by atoms with E-state index in [1.54, 1.807) is 0 Å². The van der Waals surface area contributed by atoms with Crippen LogP contribution in [0, 0.1) is 0 Å². The van der Waals surface area contributed by atoms with Crippen LogP contribution >= 0.6 is 0 Å². The van der Waals surface area contributed by atoms with Gasteiger partial charge in [-0.2, -0.15) is 0 Å². The zero-order chi connectivity index (χ0) is 11.0. The second-order valence-corrected chi connectivity index (χ2v) is 5.99. The van der Waals surface area contributed by atoms with Crippen molar-refractivity contribution in [1.82, 2.24) is 4.90 Å². The van der Waals surface area contributed by atoms with Gasteiger partial charge in [0.25, 0.3) is 0 Å². The average molecular weight is 221 g/mol. The smallest absolute Gasteiger partial charge is 0.390 e. The maximum Gasteiger partial charge on any atom is 0.498 e. The quantitative estimate of drug-likeness (QED) is 0.620. The predicted molar refractivity (Wildman–Crippen MR) is 59.2 cm³/mol. The summed E-state index contributed by atoms with van der Waals surface area (Å²) in [6, 6.07) is 0.646. The summed E-state index contributed by atoms with van der Waals surface area (Å²) in [5, 5.41) is 0. The molecule has 14 heavy (non-hydrogen) atoms. The minimum absolute atomic E-state index is 0.519. The molecular weight excluding hydrogens is 198 g/mol. The highest BCUT2D eigenvalue weighted by Crippen LogP contribution is 2.12. The van der Waals surface area contributed by atoms with E-state index in [1.165, 1.54) is 0 Å². The van der Waals surface area contributed by atoms with E-state index in [1.807, 2.05) is 27.9 Å². The van der Waals surface area contributed by atoms with Crippen LogP contribution in [0.1, 0.15) is 20.3 Å². The monoisotopic (exact) mass is 221 g/mol. The summed E-state index contributed by atoms with van der Waals surface area (Å²) < 4.78 is 10.6. The zero-order valence-corrected chi connectivity index (χ0v) is 10.7. The van der Waals surface area contributed by atoms with E-state index in [4.69, 9.17) is 8.85 Å². The molecule has 86 valence electrons. The minimum atomic E-state index is -2.84. The predicted octanol–water partition coefficient (Wildman–Crippen LogP) is 0.942. The van der Waals surface area contributed by atoms with Crippen LogP contribution < -0.4 is 0 Å². The highest BCUT2D eigenvalue weighted by Gasteiger charge is 2.35. The Morgan fingerprint density at radius 1 is 1.14 bits per heavy atom. The first-order chi connectivity index (χ1) is 6.54. The fourth-order valence-corrected chi connectivity index (χ4v) is 3.13. The van der Waals surface area contributed by atoms with E-state index in [0.717, 1.165) is 13.0 Å². The van der Waals surface area contributed by atoms with Crippen LogP contribution in [-0.4, -0.2) is 52.4 Å². The second-order valence-electron chi connectivity index (χ2n) is 3.49. The lowest BCUT2D eigenvalue weighted by atomic mass is 10.5. The van der Waals surface area contributed by atoms with Crippen LogP contribution in [-0.2, 0) is 8.85 Å². The second kappa shape index (κ2) is 7.36. The summed E-state index contributed by atoms with van der Waals surface area (Å²) in [4.78, 5) is 12.1. The number of hydrogen-bond donors (Lipinski definition) is 1. The molecule has 0 heterocycles. The summed E-state index contributed by atoms with van der Waals surface area (Å²) in [5.41, 5.74) is 0. The van der Waals surface area contributed by atoms with Gasteiger partial charge >= 0.3 is 8.80 Å². The molecule has 0 unspecified atom stereocenters. The third-order valence-electron chi connectivity index (χ3n) is 1.84. The van der Waals surface area contributed by atoms with Crippen molar-refractivity contribution >= 4 is 8.80 Å². The first-order valence-electron chi connectivity index (χ1n) is 5.19. The maximum atomic E-state index is 10.0. The number of hydrogen-bond acceptors (Lipinski definition) is 4. The molecule has 0 bridgehead atoms. The third kappa shape index (κ3) is 6.50. The van der Waals surface area contributed by atoms with Gasteiger partial charge in [0.2, 0.25) is 0 Å². The molecule has 0 aromatic carbocycles. The molecule has 1 N–H and O–H groups in total. The fourth-order valence-electron chi connectivity index (χ4n) is 1.26.